The fourth-order valence-electron chi connectivity index (χ4n) is 1.98. The summed E-state index contributed by atoms with van der Waals surface area (Å²) in [7, 11) is 0. The fourth-order valence-corrected chi connectivity index (χ4v) is 1.98. The van der Waals surface area contributed by atoms with Gasteiger partial charge in [-0.25, -0.2) is 0 Å². The minimum absolute atomic E-state index is 0.556. The first kappa shape index (κ1) is 13.6. The van der Waals surface area contributed by atoms with Gasteiger partial charge in [0.1, 0.15) is 11.5 Å². The Morgan fingerprint density at radius 3 is 2.58 bits per heavy atom. The summed E-state index contributed by atoms with van der Waals surface area (Å²) in [6, 6.07) is 11.4. The van der Waals surface area contributed by atoms with E-state index < -0.39 is 6.10 Å². The smallest absolute Gasteiger partial charge is 0.148 e. The molecule has 0 bridgehead atoms. The standard InChI is InChI=1S/C16H19NO2/c1-4-14-16(10-9-11(2)17-14)19-15-8-6-5-7-13(15)12(3)18/h5-10,12,18H,4H2,1-3H3. The molecular formula is C16H19NO2. The lowest BCUT2D eigenvalue weighted by molar-refractivity contribution is 0.195. The Bertz CT molecular complexity index is 564. The second kappa shape index (κ2) is 5.85. The van der Waals surface area contributed by atoms with Gasteiger partial charge in [-0.1, -0.05) is 25.1 Å². The van der Waals surface area contributed by atoms with Crippen molar-refractivity contribution in [2.24, 2.45) is 0 Å². The van der Waals surface area contributed by atoms with Gasteiger partial charge in [-0.3, -0.25) is 4.98 Å². The third kappa shape index (κ3) is 3.12. The van der Waals surface area contributed by atoms with Crippen LogP contribution in [0.2, 0.25) is 0 Å². The monoisotopic (exact) mass is 257 g/mol. The number of aromatic nitrogens is 1. The molecule has 1 unspecified atom stereocenters. The normalized spacial score (nSPS) is 12.2. The third-order valence-electron chi connectivity index (χ3n) is 3.00. The number of benzene rings is 1. The van der Waals surface area contributed by atoms with Gasteiger partial charge in [-0.05, 0) is 38.5 Å². The zero-order chi connectivity index (χ0) is 13.8. The number of nitrogens with zero attached hydrogens (tertiary/aromatic N) is 1. The number of ether oxygens (including phenoxy) is 1. The Kier molecular flexibility index (Phi) is 4.17. The van der Waals surface area contributed by atoms with Crippen LogP contribution in [0.5, 0.6) is 11.5 Å². The van der Waals surface area contributed by atoms with Gasteiger partial charge < -0.3 is 9.84 Å². The highest BCUT2D eigenvalue weighted by molar-refractivity contribution is 5.40. The molecular weight excluding hydrogens is 238 g/mol. The van der Waals surface area contributed by atoms with Crippen LogP contribution in [0.15, 0.2) is 36.4 Å². The average molecular weight is 257 g/mol. The zero-order valence-electron chi connectivity index (χ0n) is 11.6. The molecule has 3 nitrogen and oxygen atoms in total. The summed E-state index contributed by atoms with van der Waals surface area (Å²) in [5.41, 5.74) is 2.69. The molecule has 19 heavy (non-hydrogen) atoms. The van der Waals surface area contributed by atoms with E-state index in [9.17, 15) is 5.11 Å². The van der Waals surface area contributed by atoms with E-state index >= 15 is 0 Å². The predicted octanol–water partition coefficient (Wildman–Crippen LogP) is 3.80. The van der Waals surface area contributed by atoms with Crippen molar-refractivity contribution in [3.8, 4) is 11.5 Å². The summed E-state index contributed by atoms with van der Waals surface area (Å²) in [5, 5.41) is 9.76. The Morgan fingerprint density at radius 1 is 1.16 bits per heavy atom. The van der Waals surface area contributed by atoms with Crippen LogP contribution in [0, 0.1) is 6.92 Å². The van der Waals surface area contributed by atoms with Gasteiger partial charge >= 0.3 is 0 Å². The summed E-state index contributed by atoms with van der Waals surface area (Å²) in [6.07, 6.45) is 0.258. The molecule has 1 N–H and O–H groups in total. The van der Waals surface area contributed by atoms with Crippen molar-refractivity contribution in [1.82, 2.24) is 4.98 Å². The Morgan fingerprint density at radius 2 is 1.89 bits per heavy atom. The molecule has 3 heteroatoms. The van der Waals surface area contributed by atoms with Crippen molar-refractivity contribution < 1.29 is 9.84 Å². The quantitative estimate of drug-likeness (QED) is 0.906. The van der Waals surface area contributed by atoms with E-state index in [4.69, 9.17) is 4.74 Å². The molecule has 0 spiro atoms. The van der Waals surface area contributed by atoms with Gasteiger partial charge in [0.25, 0.3) is 0 Å². The molecule has 0 fully saturated rings. The maximum absolute atomic E-state index is 9.76. The van der Waals surface area contributed by atoms with E-state index in [1.165, 1.54) is 0 Å². The molecule has 2 rings (SSSR count). The van der Waals surface area contributed by atoms with E-state index in [0.29, 0.717) is 5.75 Å². The molecule has 0 amide bonds. The summed E-state index contributed by atoms with van der Waals surface area (Å²) < 4.78 is 5.93. The van der Waals surface area contributed by atoms with Crippen LogP contribution >= 0.6 is 0 Å². The summed E-state index contributed by atoms with van der Waals surface area (Å²) in [5.74, 6) is 1.43. The van der Waals surface area contributed by atoms with Crippen LogP contribution in [-0.4, -0.2) is 10.1 Å². The highest BCUT2D eigenvalue weighted by Crippen LogP contribution is 2.31. The second-order valence-electron chi connectivity index (χ2n) is 4.57. The minimum Gasteiger partial charge on any atom is -0.455 e. The van der Waals surface area contributed by atoms with Crippen molar-refractivity contribution in [2.45, 2.75) is 33.3 Å². The van der Waals surface area contributed by atoms with Crippen LogP contribution in [0.4, 0.5) is 0 Å². The number of aryl methyl sites for hydroxylation is 2. The van der Waals surface area contributed by atoms with E-state index in [2.05, 4.69) is 11.9 Å². The lowest BCUT2D eigenvalue weighted by atomic mass is 10.1. The Labute approximate surface area is 113 Å². The second-order valence-corrected chi connectivity index (χ2v) is 4.57. The van der Waals surface area contributed by atoms with E-state index in [-0.39, 0.29) is 0 Å². The lowest BCUT2D eigenvalue weighted by Crippen LogP contribution is -1.99. The first-order chi connectivity index (χ1) is 9.11. The molecule has 0 radical (unpaired) electrons. The molecule has 0 saturated carbocycles. The molecule has 1 heterocycles. The number of hydrogen-bond acceptors (Lipinski definition) is 3. The van der Waals surface area contributed by atoms with Crippen molar-refractivity contribution in [3.63, 3.8) is 0 Å². The maximum atomic E-state index is 9.76. The SMILES string of the molecule is CCc1nc(C)ccc1Oc1ccccc1C(C)O. The molecule has 1 aromatic carbocycles. The molecule has 0 aliphatic carbocycles. The number of rotatable bonds is 4. The maximum Gasteiger partial charge on any atom is 0.148 e. The number of aliphatic hydroxyl groups excluding tert-OH is 1. The van der Waals surface area contributed by atoms with E-state index in [1.54, 1.807) is 6.92 Å². The fraction of sp³-hybridized carbons (Fsp3) is 0.312. The topological polar surface area (TPSA) is 42.4 Å². The molecule has 1 atom stereocenters. The van der Waals surface area contributed by atoms with Gasteiger partial charge in [0.05, 0.1) is 11.8 Å². The molecule has 0 aliphatic rings. The van der Waals surface area contributed by atoms with Crippen LogP contribution in [0.1, 0.15) is 36.9 Å². The van der Waals surface area contributed by atoms with Crippen LogP contribution in [-0.2, 0) is 6.42 Å². The summed E-state index contributed by atoms with van der Waals surface area (Å²) >= 11 is 0. The first-order valence-corrected chi connectivity index (χ1v) is 6.53. The Balaban J connectivity index is 2.36. The van der Waals surface area contributed by atoms with Crippen LogP contribution in [0.3, 0.4) is 0 Å². The number of pyridine rings is 1. The highest BCUT2D eigenvalue weighted by Gasteiger charge is 2.11. The van der Waals surface area contributed by atoms with E-state index in [0.717, 1.165) is 29.1 Å². The van der Waals surface area contributed by atoms with Gasteiger partial charge in [-0.2, -0.15) is 0 Å². The van der Waals surface area contributed by atoms with Crippen LogP contribution < -0.4 is 4.74 Å². The van der Waals surface area contributed by atoms with Gasteiger partial charge in [0.2, 0.25) is 0 Å². The van der Waals surface area contributed by atoms with Crippen molar-refractivity contribution in [3.05, 3.63) is 53.3 Å². The lowest BCUT2D eigenvalue weighted by Gasteiger charge is -2.14. The predicted molar refractivity (Wildman–Crippen MR) is 75.5 cm³/mol. The third-order valence-corrected chi connectivity index (χ3v) is 3.00. The van der Waals surface area contributed by atoms with E-state index in [1.807, 2.05) is 43.3 Å². The largest absolute Gasteiger partial charge is 0.455 e. The van der Waals surface area contributed by atoms with Crippen molar-refractivity contribution in [1.29, 1.82) is 0 Å². The number of para-hydroxylation sites is 1. The van der Waals surface area contributed by atoms with Crippen LogP contribution in [0.25, 0.3) is 0 Å². The molecule has 0 aliphatic heterocycles. The number of hydrogen-bond donors (Lipinski definition) is 1. The minimum atomic E-state index is -0.556. The van der Waals surface area contributed by atoms with Crippen molar-refractivity contribution in [2.75, 3.05) is 0 Å². The van der Waals surface area contributed by atoms with Gasteiger partial charge in [0, 0.05) is 11.3 Å². The molecule has 2 aromatic rings. The Hall–Kier alpha value is -1.87. The zero-order valence-corrected chi connectivity index (χ0v) is 11.6. The summed E-state index contributed by atoms with van der Waals surface area (Å²) in [4.78, 5) is 4.47. The molecule has 0 saturated heterocycles. The number of aliphatic hydroxyl groups is 1. The summed E-state index contributed by atoms with van der Waals surface area (Å²) in [6.45, 7) is 5.75. The van der Waals surface area contributed by atoms with Gasteiger partial charge in [-0.15, -0.1) is 0 Å². The molecule has 1 aromatic heterocycles. The van der Waals surface area contributed by atoms with Gasteiger partial charge in [0.15, 0.2) is 0 Å². The first-order valence-electron chi connectivity index (χ1n) is 6.53. The highest BCUT2D eigenvalue weighted by atomic mass is 16.5. The average Bonchev–Trinajstić information content (AvgIpc) is 2.41. The molecule has 100 valence electrons. The van der Waals surface area contributed by atoms with Crippen molar-refractivity contribution >= 4 is 0 Å².